The largest absolute Gasteiger partial charge is 0.374 e. The molecule has 1 aromatic rings. The van der Waals surface area contributed by atoms with E-state index in [1.807, 2.05) is 0 Å². The van der Waals surface area contributed by atoms with Crippen molar-refractivity contribution in [1.29, 1.82) is 0 Å². The minimum Gasteiger partial charge on any atom is -0.374 e. The first kappa shape index (κ1) is 12.3. The molecule has 3 unspecified atom stereocenters. The van der Waals surface area contributed by atoms with Gasteiger partial charge >= 0.3 is 0 Å². The smallest absolute Gasteiger partial charge is 0.240 e. The van der Waals surface area contributed by atoms with Gasteiger partial charge < -0.3 is 14.6 Å². The van der Waals surface area contributed by atoms with E-state index in [9.17, 15) is 4.79 Å². The lowest BCUT2D eigenvalue weighted by molar-refractivity contribution is -0.146. The van der Waals surface area contributed by atoms with E-state index in [4.69, 9.17) is 4.74 Å². The highest BCUT2D eigenvalue weighted by Gasteiger charge is 2.41. The molecule has 0 aromatic carbocycles. The van der Waals surface area contributed by atoms with Gasteiger partial charge in [0.15, 0.2) is 0 Å². The van der Waals surface area contributed by atoms with E-state index in [0.29, 0.717) is 25.6 Å². The molecule has 0 spiro atoms. The lowest BCUT2D eigenvalue weighted by Crippen LogP contribution is -2.57. The molecule has 2 fully saturated rings. The summed E-state index contributed by atoms with van der Waals surface area (Å²) in [4.78, 5) is 22.3. The summed E-state index contributed by atoms with van der Waals surface area (Å²) in [7, 11) is 0. The van der Waals surface area contributed by atoms with Gasteiger partial charge in [0.25, 0.3) is 0 Å². The standard InChI is InChI=1S/C14H20N4O2/c19-14(10-6-9-11(7-15-10)17-8-16-9)18-4-5-20-13-3-1-2-12(13)18/h8,10,12-13,15H,1-7H2,(H,16,17). The maximum Gasteiger partial charge on any atom is 0.240 e. The molecule has 4 rings (SSSR count). The number of aromatic amines is 1. The van der Waals surface area contributed by atoms with Crippen molar-refractivity contribution < 1.29 is 9.53 Å². The van der Waals surface area contributed by atoms with Crippen LogP contribution in [0.3, 0.4) is 0 Å². The fourth-order valence-corrected chi connectivity index (χ4v) is 3.74. The van der Waals surface area contributed by atoms with E-state index >= 15 is 0 Å². The summed E-state index contributed by atoms with van der Waals surface area (Å²) in [6, 6.07) is 0.156. The number of hydrogen-bond acceptors (Lipinski definition) is 4. The second-order valence-electron chi connectivity index (χ2n) is 5.90. The van der Waals surface area contributed by atoms with Gasteiger partial charge in [0, 0.05) is 19.5 Å². The number of H-pyrrole nitrogens is 1. The maximum atomic E-state index is 12.8. The number of rotatable bonds is 1. The van der Waals surface area contributed by atoms with Crippen LogP contribution in [0.2, 0.25) is 0 Å². The van der Waals surface area contributed by atoms with Crippen molar-refractivity contribution in [2.24, 2.45) is 0 Å². The van der Waals surface area contributed by atoms with Gasteiger partial charge in [-0.15, -0.1) is 0 Å². The van der Waals surface area contributed by atoms with Crippen molar-refractivity contribution >= 4 is 5.91 Å². The first-order chi connectivity index (χ1) is 9.83. The van der Waals surface area contributed by atoms with Gasteiger partial charge in [-0.05, 0) is 19.3 Å². The van der Waals surface area contributed by atoms with E-state index in [-0.39, 0.29) is 18.1 Å². The lowest BCUT2D eigenvalue weighted by Gasteiger charge is -2.40. The molecule has 20 heavy (non-hydrogen) atoms. The number of hydrogen-bond donors (Lipinski definition) is 2. The lowest BCUT2D eigenvalue weighted by atomic mass is 10.0. The summed E-state index contributed by atoms with van der Waals surface area (Å²) in [5.41, 5.74) is 2.13. The van der Waals surface area contributed by atoms with Gasteiger partial charge in [-0.2, -0.15) is 0 Å². The van der Waals surface area contributed by atoms with Crippen LogP contribution in [-0.4, -0.2) is 52.1 Å². The van der Waals surface area contributed by atoms with Crippen LogP contribution < -0.4 is 5.32 Å². The molecule has 3 aliphatic rings. The Hall–Kier alpha value is -1.40. The van der Waals surface area contributed by atoms with E-state index in [1.54, 1.807) is 6.33 Å². The fraction of sp³-hybridized carbons (Fsp3) is 0.714. The van der Waals surface area contributed by atoms with E-state index < -0.39 is 0 Å². The highest BCUT2D eigenvalue weighted by atomic mass is 16.5. The number of nitrogens with zero attached hydrogens (tertiary/aromatic N) is 2. The number of nitrogens with one attached hydrogen (secondary N) is 2. The van der Waals surface area contributed by atoms with Gasteiger partial charge in [-0.1, -0.05) is 0 Å². The third kappa shape index (κ3) is 1.94. The number of fused-ring (bicyclic) bond motifs is 2. The number of amides is 1. The number of carbonyl (C=O) groups is 1. The molecule has 0 radical (unpaired) electrons. The Balaban J connectivity index is 1.50. The summed E-state index contributed by atoms with van der Waals surface area (Å²) in [5, 5.41) is 3.34. The minimum atomic E-state index is -0.134. The molecule has 108 valence electrons. The highest BCUT2D eigenvalue weighted by Crippen LogP contribution is 2.30. The van der Waals surface area contributed by atoms with Crippen LogP contribution in [0.15, 0.2) is 6.33 Å². The van der Waals surface area contributed by atoms with E-state index in [1.165, 1.54) is 6.42 Å². The molecule has 1 aliphatic carbocycles. The van der Waals surface area contributed by atoms with Crippen molar-refractivity contribution in [3.63, 3.8) is 0 Å². The van der Waals surface area contributed by atoms with Crippen LogP contribution >= 0.6 is 0 Å². The number of morpholine rings is 1. The summed E-state index contributed by atoms with van der Waals surface area (Å²) in [6.07, 6.45) is 6.00. The second kappa shape index (κ2) is 4.86. The molecule has 6 heteroatoms. The van der Waals surface area contributed by atoms with Crippen molar-refractivity contribution in [2.45, 2.75) is 50.4 Å². The van der Waals surface area contributed by atoms with Crippen LogP contribution in [0.1, 0.15) is 30.7 Å². The molecule has 1 aromatic heterocycles. The van der Waals surface area contributed by atoms with Crippen LogP contribution in [0, 0.1) is 0 Å². The topological polar surface area (TPSA) is 70.2 Å². The van der Waals surface area contributed by atoms with Gasteiger partial charge in [-0.3, -0.25) is 10.1 Å². The normalized spacial score (nSPS) is 32.8. The SMILES string of the molecule is O=C(C1Cc2nc[nH]c2CN1)N1CCOC2CCCC21. The summed E-state index contributed by atoms with van der Waals surface area (Å²) >= 11 is 0. The quantitative estimate of drug-likeness (QED) is 0.769. The number of aromatic nitrogens is 2. The summed E-state index contributed by atoms with van der Waals surface area (Å²) < 4.78 is 5.78. The summed E-state index contributed by atoms with van der Waals surface area (Å²) in [6.45, 7) is 2.10. The zero-order chi connectivity index (χ0) is 13.5. The van der Waals surface area contributed by atoms with Crippen molar-refractivity contribution in [3.05, 3.63) is 17.7 Å². The fourth-order valence-electron chi connectivity index (χ4n) is 3.74. The second-order valence-corrected chi connectivity index (χ2v) is 5.90. The van der Waals surface area contributed by atoms with Gasteiger partial charge in [-0.25, -0.2) is 4.98 Å². The molecule has 3 atom stereocenters. The first-order valence-electron chi connectivity index (χ1n) is 7.49. The molecular formula is C14H20N4O2. The Morgan fingerprint density at radius 2 is 2.40 bits per heavy atom. The molecule has 3 heterocycles. The van der Waals surface area contributed by atoms with Crippen LogP contribution in [-0.2, 0) is 22.5 Å². The van der Waals surface area contributed by atoms with Gasteiger partial charge in [0.2, 0.25) is 5.91 Å². The van der Waals surface area contributed by atoms with Crippen LogP contribution in [0.5, 0.6) is 0 Å². The molecule has 1 amide bonds. The first-order valence-corrected chi connectivity index (χ1v) is 7.49. The zero-order valence-corrected chi connectivity index (χ0v) is 11.5. The van der Waals surface area contributed by atoms with Gasteiger partial charge in [0.1, 0.15) is 0 Å². The van der Waals surface area contributed by atoms with Gasteiger partial charge in [0.05, 0.1) is 42.5 Å². The van der Waals surface area contributed by atoms with E-state index in [0.717, 1.165) is 30.8 Å². The molecule has 6 nitrogen and oxygen atoms in total. The maximum absolute atomic E-state index is 12.8. The predicted octanol–water partition coefficient (Wildman–Crippen LogP) is 0.204. The Morgan fingerprint density at radius 3 is 3.35 bits per heavy atom. The number of carbonyl (C=O) groups excluding carboxylic acids is 1. The molecule has 1 saturated carbocycles. The molecule has 1 saturated heterocycles. The third-order valence-electron chi connectivity index (χ3n) is 4.79. The van der Waals surface area contributed by atoms with Crippen LogP contribution in [0.25, 0.3) is 0 Å². The Bertz CT molecular complexity index is 515. The number of imidazole rings is 1. The molecule has 0 bridgehead atoms. The minimum absolute atomic E-state index is 0.134. The zero-order valence-electron chi connectivity index (χ0n) is 11.5. The Morgan fingerprint density at radius 1 is 1.45 bits per heavy atom. The Labute approximate surface area is 117 Å². The van der Waals surface area contributed by atoms with Crippen molar-refractivity contribution in [2.75, 3.05) is 13.2 Å². The Kier molecular flexibility index (Phi) is 3.00. The van der Waals surface area contributed by atoms with E-state index in [2.05, 4.69) is 20.2 Å². The molecular weight excluding hydrogens is 256 g/mol. The third-order valence-corrected chi connectivity index (χ3v) is 4.79. The monoisotopic (exact) mass is 276 g/mol. The van der Waals surface area contributed by atoms with Crippen molar-refractivity contribution in [1.82, 2.24) is 20.2 Å². The summed E-state index contributed by atoms with van der Waals surface area (Å²) in [5.74, 6) is 0.221. The average molecular weight is 276 g/mol. The van der Waals surface area contributed by atoms with Crippen molar-refractivity contribution in [3.8, 4) is 0 Å². The van der Waals surface area contributed by atoms with Crippen LogP contribution in [0.4, 0.5) is 0 Å². The predicted molar refractivity (Wildman–Crippen MR) is 72.0 cm³/mol. The number of ether oxygens (including phenoxy) is 1. The highest BCUT2D eigenvalue weighted by molar-refractivity contribution is 5.83. The average Bonchev–Trinajstić information content (AvgIpc) is 3.13. The molecule has 2 aliphatic heterocycles. The molecule has 2 N–H and O–H groups in total.